The van der Waals surface area contributed by atoms with E-state index in [1.807, 2.05) is 13.2 Å². The summed E-state index contributed by atoms with van der Waals surface area (Å²) in [5.41, 5.74) is 2.47. The first kappa shape index (κ1) is 15.1. The minimum atomic E-state index is 0.201. The average Bonchev–Trinajstić information content (AvgIpc) is 2.97. The molecule has 0 bridgehead atoms. The van der Waals surface area contributed by atoms with Crippen LogP contribution in [0.3, 0.4) is 0 Å². The lowest BCUT2D eigenvalue weighted by Crippen LogP contribution is -2.43. The molecule has 2 nitrogen and oxygen atoms in total. The first-order valence-electron chi connectivity index (χ1n) is 8.37. The molecule has 1 unspecified atom stereocenters. The smallest absolute Gasteiger partial charge is 0.105 e. The Morgan fingerprint density at radius 1 is 1.29 bits per heavy atom. The molecule has 21 heavy (non-hydrogen) atoms. The van der Waals surface area contributed by atoms with E-state index in [9.17, 15) is 0 Å². The van der Waals surface area contributed by atoms with Crippen LogP contribution in [0.15, 0.2) is 24.5 Å². The molecule has 2 heteroatoms. The molecule has 3 saturated carbocycles. The summed E-state index contributed by atoms with van der Waals surface area (Å²) in [6, 6.07) is 0. The molecule has 3 fully saturated rings. The number of methoxy groups -OCH3 is 1. The van der Waals surface area contributed by atoms with Crippen molar-refractivity contribution in [3.63, 3.8) is 0 Å². The van der Waals surface area contributed by atoms with Crippen molar-refractivity contribution in [3.8, 4) is 0 Å². The SMILES string of the molecule is C=CCO/C=C1\CC[C@@H]2C(C)(C)C[C@@]3(C)CC[C@@H](OC)C123. The molecular formula is C19H30O2. The van der Waals surface area contributed by atoms with Crippen molar-refractivity contribution in [1.29, 1.82) is 0 Å². The van der Waals surface area contributed by atoms with Gasteiger partial charge in [-0.3, -0.25) is 0 Å². The summed E-state index contributed by atoms with van der Waals surface area (Å²) in [4.78, 5) is 0. The van der Waals surface area contributed by atoms with Crippen LogP contribution in [0, 0.1) is 22.2 Å². The summed E-state index contributed by atoms with van der Waals surface area (Å²) in [5, 5.41) is 0. The maximum absolute atomic E-state index is 6.01. The highest BCUT2D eigenvalue weighted by Crippen LogP contribution is 2.77. The molecule has 0 radical (unpaired) electrons. The van der Waals surface area contributed by atoms with Crippen molar-refractivity contribution < 1.29 is 9.47 Å². The van der Waals surface area contributed by atoms with E-state index in [1.165, 1.54) is 37.7 Å². The van der Waals surface area contributed by atoms with Crippen LogP contribution in [0.1, 0.15) is 52.9 Å². The van der Waals surface area contributed by atoms with E-state index in [0.717, 1.165) is 5.92 Å². The molecular weight excluding hydrogens is 260 g/mol. The third kappa shape index (κ3) is 1.81. The van der Waals surface area contributed by atoms with Crippen LogP contribution in [-0.4, -0.2) is 19.8 Å². The Bertz CT molecular complexity index is 464. The lowest BCUT2D eigenvalue weighted by molar-refractivity contribution is -0.0251. The molecule has 3 aliphatic rings. The Labute approximate surface area is 129 Å². The molecule has 4 atom stereocenters. The fourth-order valence-corrected chi connectivity index (χ4v) is 6.52. The van der Waals surface area contributed by atoms with Crippen LogP contribution < -0.4 is 0 Å². The van der Waals surface area contributed by atoms with Gasteiger partial charge in [-0.05, 0) is 54.4 Å². The molecule has 0 saturated heterocycles. The van der Waals surface area contributed by atoms with E-state index in [0.29, 0.717) is 23.5 Å². The van der Waals surface area contributed by atoms with Gasteiger partial charge in [0, 0.05) is 12.5 Å². The van der Waals surface area contributed by atoms with Crippen molar-refractivity contribution in [3.05, 3.63) is 24.5 Å². The molecule has 0 amide bonds. The van der Waals surface area contributed by atoms with Gasteiger partial charge < -0.3 is 9.47 Å². The van der Waals surface area contributed by atoms with E-state index >= 15 is 0 Å². The molecule has 0 N–H and O–H groups in total. The van der Waals surface area contributed by atoms with E-state index in [1.54, 1.807) is 0 Å². The molecule has 118 valence electrons. The Morgan fingerprint density at radius 3 is 2.71 bits per heavy atom. The monoisotopic (exact) mass is 290 g/mol. The van der Waals surface area contributed by atoms with Crippen molar-refractivity contribution in [1.82, 2.24) is 0 Å². The topological polar surface area (TPSA) is 18.5 Å². The van der Waals surface area contributed by atoms with Crippen molar-refractivity contribution in [2.75, 3.05) is 13.7 Å². The van der Waals surface area contributed by atoms with Gasteiger partial charge in [-0.25, -0.2) is 0 Å². The largest absolute Gasteiger partial charge is 0.497 e. The van der Waals surface area contributed by atoms with Gasteiger partial charge >= 0.3 is 0 Å². The second kappa shape index (κ2) is 4.87. The lowest BCUT2D eigenvalue weighted by Gasteiger charge is -2.43. The molecule has 3 rings (SSSR count). The quantitative estimate of drug-likeness (QED) is 0.424. The van der Waals surface area contributed by atoms with Crippen LogP contribution in [0.2, 0.25) is 0 Å². The number of hydrogen-bond acceptors (Lipinski definition) is 2. The summed E-state index contributed by atoms with van der Waals surface area (Å²) < 4.78 is 11.8. The van der Waals surface area contributed by atoms with Gasteiger partial charge in [-0.2, -0.15) is 0 Å². The summed E-state index contributed by atoms with van der Waals surface area (Å²) in [5.74, 6) is 0.723. The minimum absolute atomic E-state index is 0.201. The average molecular weight is 290 g/mol. The molecule has 3 aliphatic carbocycles. The predicted octanol–water partition coefficient (Wildman–Crippen LogP) is 4.71. The van der Waals surface area contributed by atoms with Crippen LogP contribution in [0.4, 0.5) is 0 Å². The highest BCUT2D eigenvalue weighted by Gasteiger charge is 2.73. The van der Waals surface area contributed by atoms with E-state index in [-0.39, 0.29) is 5.41 Å². The normalized spacial score (nSPS) is 45.6. The number of hydrogen-bond donors (Lipinski definition) is 0. The van der Waals surface area contributed by atoms with E-state index < -0.39 is 0 Å². The summed E-state index contributed by atoms with van der Waals surface area (Å²) in [7, 11) is 1.90. The fourth-order valence-electron chi connectivity index (χ4n) is 6.52. The Hall–Kier alpha value is -0.760. The maximum atomic E-state index is 6.01. The van der Waals surface area contributed by atoms with E-state index in [4.69, 9.17) is 9.47 Å². The van der Waals surface area contributed by atoms with Crippen LogP contribution in [-0.2, 0) is 9.47 Å². The van der Waals surface area contributed by atoms with E-state index in [2.05, 4.69) is 33.6 Å². The maximum Gasteiger partial charge on any atom is 0.105 e. The lowest BCUT2D eigenvalue weighted by atomic mass is 9.63. The minimum Gasteiger partial charge on any atom is -0.497 e. The molecule has 0 aromatic heterocycles. The van der Waals surface area contributed by atoms with Crippen LogP contribution in [0.25, 0.3) is 0 Å². The molecule has 0 heterocycles. The van der Waals surface area contributed by atoms with Crippen molar-refractivity contribution in [2.45, 2.75) is 59.0 Å². The van der Waals surface area contributed by atoms with Gasteiger partial charge in [0.25, 0.3) is 0 Å². The first-order chi connectivity index (χ1) is 9.92. The third-order valence-corrected chi connectivity index (χ3v) is 6.76. The zero-order valence-electron chi connectivity index (χ0n) is 14.1. The van der Waals surface area contributed by atoms with Crippen LogP contribution >= 0.6 is 0 Å². The number of rotatable bonds is 4. The van der Waals surface area contributed by atoms with Crippen LogP contribution in [0.5, 0.6) is 0 Å². The van der Waals surface area contributed by atoms with Gasteiger partial charge in [-0.1, -0.05) is 33.4 Å². The van der Waals surface area contributed by atoms with Gasteiger partial charge in [0.15, 0.2) is 0 Å². The molecule has 1 spiro atoms. The first-order valence-corrected chi connectivity index (χ1v) is 8.37. The fraction of sp³-hybridized carbons (Fsp3) is 0.789. The summed E-state index contributed by atoms with van der Waals surface area (Å²) in [6.45, 7) is 11.8. The summed E-state index contributed by atoms with van der Waals surface area (Å²) in [6.07, 6.45) is 10.5. The second-order valence-corrected chi connectivity index (χ2v) is 8.21. The highest BCUT2D eigenvalue weighted by molar-refractivity contribution is 5.35. The van der Waals surface area contributed by atoms with Gasteiger partial charge in [-0.15, -0.1) is 0 Å². The van der Waals surface area contributed by atoms with Crippen molar-refractivity contribution >= 4 is 0 Å². The molecule has 0 aromatic rings. The number of ether oxygens (including phenoxy) is 2. The Kier molecular flexibility index (Phi) is 3.52. The molecule has 0 aliphatic heterocycles. The predicted molar refractivity (Wildman–Crippen MR) is 85.9 cm³/mol. The Morgan fingerprint density at radius 2 is 2.05 bits per heavy atom. The zero-order chi connectivity index (χ0) is 15.3. The molecule has 0 aromatic carbocycles. The highest BCUT2D eigenvalue weighted by atomic mass is 16.5. The van der Waals surface area contributed by atoms with Gasteiger partial charge in [0.1, 0.15) is 6.61 Å². The standard InChI is InChI=1S/C19H30O2/c1-6-11-21-12-14-7-8-15-17(2,3)13-18(4)10-9-16(20-5)19(14,15)18/h6,12,15-16H,1,7-11,13H2,2-5H3/b14-12+/t15-,16-,18-,19?/m1/s1. The van der Waals surface area contributed by atoms with Gasteiger partial charge in [0.2, 0.25) is 0 Å². The second-order valence-electron chi connectivity index (χ2n) is 8.21. The van der Waals surface area contributed by atoms with Gasteiger partial charge in [0.05, 0.1) is 12.4 Å². The van der Waals surface area contributed by atoms with Crippen molar-refractivity contribution in [2.24, 2.45) is 22.2 Å². The Balaban J connectivity index is 2.07. The summed E-state index contributed by atoms with van der Waals surface area (Å²) >= 11 is 0. The zero-order valence-corrected chi connectivity index (χ0v) is 14.1. The third-order valence-electron chi connectivity index (χ3n) is 6.76.